The van der Waals surface area contributed by atoms with Gasteiger partial charge in [0.05, 0.1) is 0 Å². The Morgan fingerprint density at radius 3 is 2.41 bits per heavy atom. The molecule has 1 aliphatic rings. The van der Waals surface area contributed by atoms with E-state index < -0.39 is 8.80 Å². The third-order valence-electron chi connectivity index (χ3n) is 3.37. The van der Waals surface area contributed by atoms with Gasteiger partial charge in [-0.2, -0.15) is 0 Å². The number of amides is 2. The van der Waals surface area contributed by atoms with Crippen LogP contribution in [0.2, 0.25) is 0 Å². The Morgan fingerprint density at radius 1 is 1.36 bits per heavy atom. The monoisotopic (exact) mass is 345 g/mol. The summed E-state index contributed by atoms with van der Waals surface area (Å²) in [6.07, 6.45) is 2.49. The van der Waals surface area contributed by atoms with Crippen LogP contribution in [0.5, 0.6) is 0 Å². The van der Waals surface area contributed by atoms with Crippen molar-refractivity contribution in [1.29, 1.82) is 0 Å². The average Bonchev–Trinajstić information content (AvgIpc) is 2.91. The lowest BCUT2D eigenvalue weighted by molar-refractivity contribution is 0.0200. The zero-order chi connectivity index (χ0) is 16.0. The van der Waals surface area contributed by atoms with Crippen LogP contribution in [0.3, 0.4) is 0 Å². The van der Waals surface area contributed by atoms with E-state index in [1.807, 2.05) is 26.2 Å². The Kier molecular flexibility index (Phi) is 6.33. The van der Waals surface area contributed by atoms with Crippen LogP contribution < -0.4 is 5.32 Å². The average molecular weight is 345 g/mol. The van der Waals surface area contributed by atoms with Gasteiger partial charge in [-0.05, 0) is 27.2 Å². The maximum absolute atomic E-state index is 12.4. The number of aromatic nitrogens is 1. The Hall–Kier alpha value is -1.00. The molecule has 1 N–H and O–H groups in total. The van der Waals surface area contributed by atoms with Crippen LogP contribution in [0.15, 0.2) is 11.6 Å². The first kappa shape index (κ1) is 17.4. The normalized spacial score (nSPS) is 18.1. The highest BCUT2D eigenvalue weighted by Crippen LogP contribution is 2.30. The molecule has 1 aromatic heterocycles. The lowest BCUT2D eigenvalue weighted by atomic mass is 10.2. The van der Waals surface area contributed by atoms with E-state index in [2.05, 4.69) is 10.3 Å². The number of nitrogens with one attached hydrogen (secondary N) is 1. The van der Waals surface area contributed by atoms with E-state index >= 15 is 0 Å². The van der Waals surface area contributed by atoms with Gasteiger partial charge in [0.1, 0.15) is 5.67 Å². The zero-order valence-corrected chi connectivity index (χ0v) is 15.0. The highest BCUT2D eigenvalue weighted by atomic mass is 32.1. The van der Waals surface area contributed by atoms with Crippen molar-refractivity contribution >= 4 is 31.3 Å². The van der Waals surface area contributed by atoms with E-state index in [4.69, 9.17) is 13.3 Å². The van der Waals surface area contributed by atoms with Crippen molar-refractivity contribution in [3.63, 3.8) is 0 Å². The molecule has 1 atom stereocenters. The summed E-state index contributed by atoms with van der Waals surface area (Å²) in [6.45, 7) is 7.93. The van der Waals surface area contributed by atoms with Crippen LogP contribution in [-0.4, -0.2) is 56.7 Å². The van der Waals surface area contributed by atoms with Gasteiger partial charge in [-0.3, -0.25) is 5.32 Å². The lowest BCUT2D eigenvalue weighted by Gasteiger charge is -2.47. The summed E-state index contributed by atoms with van der Waals surface area (Å²) in [6, 6.07) is -0.179. The van der Waals surface area contributed by atoms with Crippen molar-refractivity contribution < 1.29 is 18.1 Å². The molecule has 1 fully saturated rings. The molecule has 2 amide bonds. The maximum Gasteiger partial charge on any atom is 0.524 e. The van der Waals surface area contributed by atoms with E-state index in [1.165, 1.54) is 11.3 Å². The van der Waals surface area contributed by atoms with Gasteiger partial charge in [0.25, 0.3) is 0 Å². The summed E-state index contributed by atoms with van der Waals surface area (Å²) < 4.78 is 17.7. The molecule has 7 nitrogen and oxygen atoms in total. The lowest BCUT2D eigenvalue weighted by Crippen LogP contribution is -2.70. The minimum atomic E-state index is -2.89. The van der Waals surface area contributed by atoms with Crippen molar-refractivity contribution in [1.82, 2.24) is 9.88 Å². The number of hydrogen-bond donors (Lipinski definition) is 1. The molecule has 0 radical (unpaired) electrons. The predicted octanol–water partition coefficient (Wildman–Crippen LogP) is 2.34. The van der Waals surface area contributed by atoms with Crippen LogP contribution in [0.4, 0.5) is 9.93 Å². The quantitative estimate of drug-likeness (QED) is 0.732. The number of likely N-dealkylation sites (tertiary alicyclic amines) is 1. The Morgan fingerprint density at radius 2 is 2.00 bits per heavy atom. The van der Waals surface area contributed by atoms with Gasteiger partial charge < -0.3 is 18.2 Å². The second-order valence-electron chi connectivity index (χ2n) is 4.67. The fraction of sp³-hybridized carbons (Fsp3) is 0.692. The third-order valence-corrected chi connectivity index (χ3v) is 7.55. The highest BCUT2D eigenvalue weighted by molar-refractivity contribution is 7.13. The molecule has 22 heavy (non-hydrogen) atoms. The summed E-state index contributed by atoms with van der Waals surface area (Å²) in [5.74, 6) is 0. The molecule has 9 heteroatoms. The molecule has 0 aromatic carbocycles. The predicted molar refractivity (Wildman–Crippen MR) is 86.9 cm³/mol. The van der Waals surface area contributed by atoms with Gasteiger partial charge in [-0.25, -0.2) is 9.78 Å². The van der Waals surface area contributed by atoms with Crippen LogP contribution in [0, 0.1) is 0 Å². The molecule has 0 spiro atoms. The summed E-state index contributed by atoms with van der Waals surface area (Å²) >= 11 is 1.39. The van der Waals surface area contributed by atoms with E-state index in [9.17, 15) is 4.79 Å². The second kappa shape index (κ2) is 8.02. The van der Waals surface area contributed by atoms with Gasteiger partial charge in [0.2, 0.25) is 0 Å². The summed E-state index contributed by atoms with van der Waals surface area (Å²) in [5.41, 5.74) is -0.132. The fourth-order valence-electron chi connectivity index (χ4n) is 2.46. The second-order valence-corrected chi connectivity index (χ2v) is 8.30. The fourth-order valence-corrected chi connectivity index (χ4v) is 6.13. The minimum absolute atomic E-state index is 0.132. The van der Waals surface area contributed by atoms with Crippen LogP contribution in [-0.2, 0) is 13.3 Å². The van der Waals surface area contributed by atoms with Gasteiger partial charge in [0, 0.05) is 37.9 Å². The highest BCUT2D eigenvalue weighted by Gasteiger charge is 2.57. The van der Waals surface area contributed by atoms with Crippen molar-refractivity contribution in [2.24, 2.45) is 0 Å². The van der Waals surface area contributed by atoms with Gasteiger partial charge in [-0.1, -0.05) is 0 Å². The summed E-state index contributed by atoms with van der Waals surface area (Å²) in [5, 5.41) is 5.21. The summed E-state index contributed by atoms with van der Waals surface area (Å²) in [4.78, 5) is 18.2. The van der Waals surface area contributed by atoms with E-state index in [1.54, 1.807) is 11.1 Å². The molecule has 2 rings (SSSR count). The molecule has 1 unspecified atom stereocenters. The number of carbonyl (C=O) groups excluding carboxylic acids is 1. The van der Waals surface area contributed by atoms with Crippen molar-refractivity contribution in [3.8, 4) is 0 Å². The maximum atomic E-state index is 12.4. The number of rotatable bonds is 8. The van der Waals surface area contributed by atoms with Gasteiger partial charge in [-0.15, -0.1) is 11.3 Å². The van der Waals surface area contributed by atoms with E-state index in [-0.39, 0.29) is 11.7 Å². The van der Waals surface area contributed by atoms with Crippen molar-refractivity contribution in [2.75, 3.05) is 31.7 Å². The molecule has 124 valence electrons. The largest absolute Gasteiger partial charge is 0.524 e. The number of nitrogens with zero attached hydrogens (tertiary/aromatic N) is 2. The molecule has 0 bridgehead atoms. The number of anilines is 1. The number of hydrogen-bond acceptors (Lipinski definition) is 6. The first-order valence-electron chi connectivity index (χ1n) is 7.55. The van der Waals surface area contributed by atoms with Gasteiger partial charge in [0.15, 0.2) is 5.13 Å². The van der Waals surface area contributed by atoms with Crippen LogP contribution >= 0.6 is 11.3 Å². The smallest absolute Gasteiger partial charge is 0.373 e. The van der Waals surface area contributed by atoms with Crippen molar-refractivity contribution in [3.05, 3.63) is 11.6 Å². The molecular formula is C13H23N3O4SSi. The van der Waals surface area contributed by atoms with Crippen molar-refractivity contribution in [2.45, 2.75) is 32.9 Å². The number of carbonyl (C=O) groups is 1. The molecular weight excluding hydrogens is 322 g/mol. The van der Waals surface area contributed by atoms with E-state index in [0.717, 1.165) is 6.42 Å². The third kappa shape index (κ3) is 3.66. The number of urea groups is 1. The molecule has 2 heterocycles. The van der Waals surface area contributed by atoms with Crippen LogP contribution in [0.1, 0.15) is 27.2 Å². The Labute approximate surface area is 135 Å². The number of thiazole rings is 1. The Balaban J connectivity index is 2.08. The molecule has 1 aromatic rings. The van der Waals surface area contributed by atoms with Crippen LogP contribution in [0.25, 0.3) is 0 Å². The molecule has 0 aliphatic carbocycles. The summed E-state index contributed by atoms with van der Waals surface area (Å²) in [7, 11) is -2.89. The standard InChI is InChI=1S/C13H23N3O4SSi/c1-4-18-22(19-5-2,20-6-3)11-7-9-16(11)13(17)15-12-14-8-10-21-12/h8,10-11H,4-7,9H2,1-3H3,(H,14,15,17). The van der Waals surface area contributed by atoms with Gasteiger partial charge >= 0.3 is 14.8 Å². The SMILES string of the molecule is CCO[Si](OCC)(OCC)C1CCN1C(=O)Nc1nccs1. The molecule has 0 saturated carbocycles. The molecule has 1 aliphatic heterocycles. The van der Waals surface area contributed by atoms with E-state index in [0.29, 0.717) is 31.5 Å². The minimum Gasteiger partial charge on any atom is -0.373 e. The zero-order valence-electron chi connectivity index (χ0n) is 13.2. The first-order valence-corrected chi connectivity index (χ1v) is 10.2. The molecule has 1 saturated heterocycles. The topological polar surface area (TPSA) is 72.9 Å². The first-order chi connectivity index (χ1) is 10.7. The Bertz CT molecular complexity index is 457.